The van der Waals surface area contributed by atoms with E-state index in [1.54, 1.807) is 0 Å². The summed E-state index contributed by atoms with van der Waals surface area (Å²) in [5.41, 5.74) is 0. The van der Waals surface area contributed by atoms with Crippen LogP contribution < -0.4 is 5.32 Å². The van der Waals surface area contributed by atoms with Crippen molar-refractivity contribution >= 4 is 0 Å². The number of hydrogen-bond donors (Lipinski definition) is 1. The molecule has 1 aliphatic carbocycles. The molecule has 0 amide bonds. The van der Waals surface area contributed by atoms with Crippen LogP contribution in [0.1, 0.15) is 40.0 Å². The van der Waals surface area contributed by atoms with Crippen molar-refractivity contribution in [1.82, 2.24) is 5.32 Å². The zero-order valence-electron chi connectivity index (χ0n) is 9.88. The smallest absolute Gasteiger partial charge is 0.0519 e. The summed E-state index contributed by atoms with van der Waals surface area (Å²) < 4.78 is 5.71. The molecule has 2 unspecified atom stereocenters. The van der Waals surface area contributed by atoms with E-state index in [1.807, 2.05) is 0 Å². The zero-order valence-corrected chi connectivity index (χ0v) is 9.88. The summed E-state index contributed by atoms with van der Waals surface area (Å²) in [5, 5.41) is 3.45. The molecule has 14 heavy (non-hydrogen) atoms. The van der Waals surface area contributed by atoms with Crippen LogP contribution in [0.15, 0.2) is 0 Å². The molecule has 0 aromatic rings. The van der Waals surface area contributed by atoms with Gasteiger partial charge in [-0.05, 0) is 51.6 Å². The maximum atomic E-state index is 5.71. The van der Waals surface area contributed by atoms with E-state index in [0.29, 0.717) is 6.10 Å². The summed E-state index contributed by atoms with van der Waals surface area (Å²) in [5.74, 6) is 1.66. The van der Waals surface area contributed by atoms with Gasteiger partial charge in [-0.1, -0.05) is 13.3 Å². The summed E-state index contributed by atoms with van der Waals surface area (Å²) in [6.45, 7) is 9.65. The van der Waals surface area contributed by atoms with Crippen LogP contribution in [0, 0.1) is 11.8 Å². The summed E-state index contributed by atoms with van der Waals surface area (Å²) >= 11 is 0. The molecule has 2 heteroatoms. The highest BCUT2D eigenvalue weighted by molar-refractivity contribution is 4.78. The minimum atomic E-state index is 0.385. The maximum Gasteiger partial charge on any atom is 0.0519 e. The van der Waals surface area contributed by atoms with Crippen molar-refractivity contribution in [2.45, 2.75) is 46.1 Å². The van der Waals surface area contributed by atoms with Crippen LogP contribution in [-0.4, -0.2) is 25.8 Å². The normalized spacial score (nSPS) is 27.4. The van der Waals surface area contributed by atoms with Gasteiger partial charge in [0.1, 0.15) is 0 Å². The monoisotopic (exact) mass is 199 g/mol. The van der Waals surface area contributed by atoms with E-state index in [1.165, 1.54) is 25.8 Å². The van der Waals surface area contributed by atoms with Crippen molar-refractivity contribution in [3.05, 3.63) is 0 Å². The molecule has 0 aliphatic heterocycles. The highest BCUT2D eigenvalue weighted by Gasteiger charge is 2.26. The van der Waals surface area contributed by atoms with Crippen molar-refractivity contribution in [3.8, 4) is 0 Å². The molecule has 0 radical (unpaired) electrons. The molecule has 1 fully saturated rings. The van der Waals surface area contributed by atoms with E-state index in [-0.39, 0.29) is 0 Å². The molecule has 2 atom stereocenters. The number of rotatable bonds is 6. The summed E-state index contributed by atoms with van der Waals surface area (Å²) in [4.78, 5) is 0. The average molecular weight is 199 g/mol. The van der Waals surface area contributed by atoms with Gasteiger partial charge in [-0.3, -0.25) is 0 Å². The SMILES string of the molecule is CCNCC1CCCC1COC(C)C. The van der Waals surface area contributed by atoms with Gasteiger partial charge in [0.2, 0.25) is 0 Å². The fourth-order valence-electron chi connectivity index (χ4n) is 2.25. The summed E-state index contributed by atoms with van der Waals surface area (Å²) in [6.07, 6.45) is 4.53. The third-order valence-electron chi connectivity index (χ3n) is 3.12. The molecule has 0 aromatic carbocycles. The molecule has 0 saturated heterocycles. The van der Waals surface area contributed by atoms with E-state index in [4.69, 9.17) is 4.74 Å². The first-order valence-electron chi connectivity index (χ1n) is 6.06. The quantitative estimate of drug-likeness (QED) is 0.709. The number of hydrogen-bond acceptors (Lipinski definition) is 2. The lowest BCUT2D eigenvalue weighted by Crippen LogP contribution is -2.27. The Balaban J connectivity index is 2.21. The van der Waals surface area contributed by atoms with Crippen LogP contribution in [0.25, 0.3) is 0 Å². The van der Waals surface area contributed by atoms with Crippen molar-refractivity contribution < 1.29 is 4.74 Å². The minimum Gasteiger partial charge on any atom is -0.378 e. The van der Waals surface area contributed by atoms with Crippen LogP contribution in [0.3, 0.4) is 0 Å². The van der Waals surface area contributed by atoms with Crippen LogP contribution in [0.4, 0.5) is 0 Å². The second kappa shape index (κ2) is 6.41. The Morgan fingerprint density at radius 2 is 2.00 bits per heavy atom. The first-order valence-corrected chi connectivity index (χ1v) is 6.06. The molecule has 1 saturated carbocycles. The molecule has 1 aliphatic rings. The molecule has 84 valence electrons. The Labute approximate surface area is 88.4 Å². The number of ether oxygens (including phenoxy) is 1. The molecular formula is C12H25NO. The largest absolute Gasteiger partial charge is 0.378 e. The van der Waals surface area contributed by atoms with Crippen molar-refractivity contribution in [1.29, 1.82) is 0 Å². The topological polar surface area (TPSA) is 21.3 Å². The van der Waals surface area contributed by atoms with Crippen LogP contribution in [-0.2, 0) is 4.74 Å². The predicted molar refractivity (Wildman–Crippen MR) is 60.5 cm³/mol. The van der Waals surface area contributed by atoms with Gasteiger partial charge in [-0.25, -0.2) is 0 Å². The highest BCUT2D eigenvalue weighted by atomic mass is 16.5. The molecular weight excluding hydrogens is 174 g/mol. The van der Waals surface area contributed by atoms with Gasteiger partial charge in [0.25, 0.3) is 0 Å². The molecule has 0 bridgehead atoms. The first-order chi connectivity index (χ1) is 6.74. The van der Waals surface area contributed by atoms with Gasteiger partial charge in [-0.15, -0.1) is 0 Å². The van der Waals surface area contributed by atoms with Crippen molar-refractivity contribution in [3.63, 3.8) is 0 Å². The second-order valence-electron chi connectivity index (χ2n) is 4.64. The lowest BCUT2D eigenvalue weighted by Gasteiger charge is -2.20. The van der Waals surface area contributed by atoms with Gasteiger partial charge in [0.05, 0.1) is 12.7 Å². The summed E-state index contributed by atoms with van der Waals surface area (Å²) in [7, 11) is 0. The number of nitrogens with one attached hydrogen (secondary N) is 1. The standard InChI is InChI=1S/C12H25NO/c1-4-13-8-11-6-5-7-12(11)9-14-10(2)3/h10-13H,4-9H2,1-3H3. The van der Waals surface area contributed by atoms with Gasteiger partial charge in [0, 0.05) is 0 Å². The van der Waals surface area contributed by atoms with E-state index in [9.17, 15) is 0 Å². The minimum absolute atomic E-state index is 0.385. The second-order valence-corrected chi connectivity index (χ2v) is 4.64. The lowest BCUT2D eigenvalue weighted by molar-refractivity contribution is 0.0413. The highest BCUT2D eigenvalue weighted by Crippen LogP contribution is 2.31. The van der Waals surface area contributed by atoms with E-state index >= 15 is 0 Å². The van der Waals surface area contributed by atoms with Gasteiger partial charge < -0.3 is 10.1 Å². The van der Waals surface area contributed by atoms with Crippen LogP contribution in [0.2, 0.25) is 0 Å². The van der Waals surface area contributed by atoms with Gasteiger partial charge in [-0.2, -0.15) is 0 Å². The molecule has 0 heterocycles. The molecule has 0 spiro atoms. The van der Waals surface area contributed by atoms with E-state index in [2.05, 4.69) is 26.1 Å². The Kier molecular flexibility index (Phi) is 5.49. The predicted octanol–water partition coefficient (Wildman–Crippen LogP) is 2.44. The third kappa shape index (κ3) is 3.97. The van der Waals surface area contributed by atoms with E-state index < -0.39 is 0 Å². The zero-order chi connectivity index (χ0) is 10.4. The van der Waals surface area contributed by atoms with Gasteiger partial charge >= 0.3 is 0 Å². The third-order valence-corrected chi connectivity index (χ3v) is 3.12. The summed E-state index contributed by atoms with van der Waals surface area (Å²) in [6, 6.07) is 0. The fraction of sp³-hybridized carbons (Fsp3) is 1.00. The fourth-order valence-corrected chi connectivity index (χ4v) is 2.25. The van der Waals surface area contributed by atoms with Crippen molar-refractivity contribution in [2.24, 2.45) is 11.8 Å². The Bertz CT molecular complexity index is 147. The average Bonchev–Trinajstić information content (AvgIpc) is 2.58. The lowest BCUT2D eigenvalue weighted by atomic mass is 9.97. The Morgan fingerprint density at radius 1 is 1.29 bits per heavy atom. The van der Waals surface area contributed by atoms with Gasteiger partial charge in [0.15, 0.2) is 0 Å². The van der Waals surface area contributed by atoms with E-state index in [0.717, 1.165) is 25.0 Å². The maximum absolute atomic E-state index is 5.71. The Hall–Kier alpha value is -0.0800. The molecule has 2 nitrogen and oxygen atoms in total. The Morgan fingerprint density at radius 3 is 2.64 bits per heavy atom. The van der Waals surface area contributed by atoms with Crippen LogP contribution in [0.5, 0.6) is 0 Å². The molecule has 0 aromatic heterocycles. The van der Waals surface area contributed by atoms with Crippen LogP contribution >= 0.6 is 0 Å². The molecule has 1 rings (SSSR count). The molecule has 1 N–H and O–H groups in total. The first kappa shape index (κ1) is 12.0. The van der Waals surface area contributed by atoms with Crippen molar-refractivity contribution in [2.75, 3.05) is 19.7 Å².